The Morgan fingerprint density at radius 1 is 0.609 bits per heavy atom. The van der Waals surface area contributed by atoms with Crippen molar-refractivity contribution in [2.75, 3.05) is 18.5 Å². The van der Waals surface area contributed by atoms with Gasteiger partial charge in [0.15, 0.2) is 0 Å². The maximum atomic E-state index is 2.44. The van der Waals surface area contributed by atoms with Gasteiger partial charge in [-0.1, -0.05) is 77.5 Å². The van der Waals surface area contributed by atoms with Crippen LogP contribution in [-0.2, 0) is 0 Å². The van der Waals surface area contributed by atoms with Crippen LogP contribution in [0.4, 0.5) is 0 Å². The van der Waals surface area contributed by atoms with Crippen molar-refractivity contribution in [3.63, 3.8) is 0 Å². The molecule has 0 atom stereocenters. The lowest BCUT2D eigenvalue weighted by Gasteiger charge is -2.28. The molecule has 0 spiro atoms. The van der Waals surface area contributed by atoms with Gasteiger partial charge in [0.2, 0.25) is 0 Å². The van der Waals surface area contributed by atoms with Gasteiger partial charge in [0, 0.05) is 7.26 Å². The van der Waals surface area contributed by atoms with Gasteiger partial charge >= 0.3 is 0 Å². The van der Waals surface area contributed by atoms with Crippen LogP contribution in [0.1, 0.15) is 78.6 Å². The second kappa shape index (κ2) is 14.5. The van der Waals surface area contributed by atoms with Gasteiger partial charge in [-0.05, 0) is 31.4 Å². The average molecular weight is 401 g/mol. The maximum absolute atomic E-state index is 2.44. The van der Waals surface area contributed by atoms with Crippen molar-refractivity contribution in [2.24, 2.45) is 0 Å². The molecule has 0 saturated carbocycles. The van der Waals surface area contributed by atoms with Crippen LogP contribution in [0.15, 0.2) is 30.3 Å². The largest absolute Gasteiger partial charge is 1.00 e. The lowest BCUT2D eigenvalue weighted by Crippen LogP contribution is -3.00. The Balaban J connectivity index is 0.00000484. The van der Waals surface area contributed by atoms with E-state index in [1.54, 1.807) is 5.30 Å². The molecule has 23 heavy (non-hydrogen) atoms. The molecule has 0 fully saturated rings. The fourth-order valence-electron chi connectivity index (χ4n) is 3.46. The lowest BCUT2D eigenvalue weighted by atomic mass is 10.3. The van der Waals surface area contributed by atoms with E-state index in [1.807, 2.05) is 0 Å². The summed E-state index contributed by atoms with van der Waals surface area (Å²) in [5, 5.41) is 1.72. The summed E-state index contributed by atoms with van der Waals surface area (Å²) in [6, 6.07) is 11.6. The molecule has 1 aromatic carbocycles. The summed E-state index contributed by atoms with van der Waals surface area (Å²) in [6.45, 7) is 6.99. The molecule has 134 valence electrons. The molecule has 0 heterocycles. The minimum atomic E-state index is -0.938. The molecule has 0 saturated heterocycles. The summed E-state index contributed by atoms with van der Waals surface area (Å²) >= 11 is 0. The second-order valence-electron chi connectivity index (χ2n) is 6.77. The Bertz CT molecular complexity index is 337. The van der Waals surface area contributed by atoms with Gasteiger partial charge in [-0.25, -0.2) is 0 Å². The van der Waals surface area contributed by atoms with Crippen molar-refractivity contribution in [3.8, 4) is 0 Å². The molecular formula is C21H38BrP. The highest BCUT2D eigenvalue weighted by Crippen LogP contribution is 2.59. The van der Waals surface area contributed by atoms with Crippen molar-refractivity contribution < 1.29 is 17.0 Å². The second-order valence-corrected chi connectivity index (χ2v) is 10.9. The first-order valence-corrected chi connectivity index (χ1v) is 12.0. The van der Waals surface area contributed by atoms with E-state index in [-0.39, 0.29) is 17.0 Å². The van der Waals surface area contributed by atoms with Gasteiger partial charge in [0.1, 0.15) is 0 Å². The van der Waals surface area contributed by atoms with E-state index < -0.39 is 7.26 Å². The number of hydrogen-bond acceptors (Lipinski definition) is 0. The summed E-state index contributed by atoms with van der Waals surface area (Å²) < 4.78 is 0. The van der Waals surface area contributed by atoms with E-state index in [0.717, 1.165) is 0 Å². The highest BCUT2D eigenvalue weighted by atomic mass is 79.9. The van der Waals surface area contributed by atoms with Crippen LogP contribution in [0.25, 0.3) is 0 Å². The third-order valence-electron chi connectivity index (χ3n) is 4.87. The Kier molecular flexibility index (Phi) is 14.6. The van der Waals surface area contributed by atoms with Crippen LogP contribution >= 0.6 is 7.26 Å². The Morgan fingerprint density at radius 3 is 1.35 bits per heavy atom. The molecule has 1 rings (SSSR count). The maximum Gasteiger partial charge on any atom is 0.0939 e. The molecule has 0 bridgehead atoms. The monoisotopic (exact) mass is 400 g/mol. The van der Waals surface area contributed by atoms with E-state index in [2.05, 4.69) is 51.1 Å². The SMILES string of the molecule is CCCCC[P+](CCCCC)(CCCCC)c1ccccc1.[Br-]. The molecule has 0 amide bonds. The smallest absolute Gasteiger partial charge is 0.0939 e. The molecule has 0 aliphatic carbocycles. The predicted molar refractivity (Wildman–Crippen MR) is 106 cm³/mol. The number of halogens is 1. The van der Waals surface area contributed by atoms with Crippen LogP contribution in [-0.4, -0.2) is 18.5 Å². The summed E-state index contributed by atoms with van der Waals surface area (Å²) in [6.07, 6.45) is 17.1. The van der Waals surface area contributed by atoms with Crippen LogP contribution in [0.3, 0.4) is 0 Å². The lowest BCUT2D eigenvalue weighted by molar-refractivity contribution is -0.00000487. The minimum Gasteiger partial charge on any atom is -1.00 e. The molecule has 1 aromatic rings. The quantitative estimate of drug-likeness (QED) is 0.347. The fraction of sp³-hybridized carbons (Fsp3) is 0.714. The number of rotatable bonds is 13. The van der Waals surface area contributed by atoms with E-state index in [9.17, 15) is 0 Å². The number of hydrogen-bond donors (Lipinski definition) is 0. The van der Waals surface area contributed by atoms with Crippen molar-refractivity contribution in [1.82, 2.24) is 0 Å². The zero-order chi connectivity index (χ0) is 16.1. The summed E-state index contributed by atoms with van der Waals surface area (Å²) in [5.41, 5.74) is 0. The van der Waals surface area contributed by atoms with Crippen molar-refractivity contribution in [3.05, 3.63) is 30.3 Å². The molecule has 0 aliphatic rings. The topological polar surface area (TPSA) is 0 Å². The highest BCUT2D eigenvalue weighted by molar-refractivity contribution is 7.82. The van der Waals surface area contributed by atoms with E-state index in [1.165, 1.54) is 76.3 Å². The molecule has 0 aromatic heterocycles. The van der Waals surface area contributed by atoms with Gasteiger partial charge < -0.3 is 17.0 Å². The minimum absolute atomic E-state index is 0. The summed E-state index contributed by atoms with van der Waals surface area (Å²) in [5.74, 6) is 0. The van der Waals surface area contributed by atoms with Crippen molar-refractivity contribution in [2.45, 2.75) is 78.6 Å². The summed E-state index contributed by atoms with van der Waals surface area (Å²) in [4.78, 5) is 0. The molecule has 0 aliphatic heterocycles. The van der Waals surface area contributed by atoms with Crippen LogP contribution < -0.4 is 22.3 Å². The zero-order valence-corrected chi connectivity index (χ0v) is 18.2. The van der Waals surface area contributed by atoms with Gasteiger partial charge in [0.25, 0.3) is 0 Å². The van der Waals surface area contributed by atoms with Crippen molar-refractivity contribution in [1.29, 1.82) is 0 Å². The number of unbranched alkanes of at least 4 members (excludes halogenated alkanes) is 6. The molecule has 0 N–H and O–H groups in total. The number of benzene rings is 1. The molecule has 2 heteroatoms. The zero-order valence-electron chi connectivity index (χ0n) is 15.7. The van der Waals surface area contributed by atoms with Crippen molar-refractivity contribution >= 4 is 12.6 Å². The van der Waals surface area contributed by atoms with E-state index >= 15 is 0 Å². The van der Waals surface area contributed by atoms with Gasteiger partial charge in [-0.3, -0.25) is 0 Å². The molecule has 0 unspecified atom stereocenters. The Hall–Kier alpha value is 0.130. The van der Waals surface area contributed by atoms with Gasteiger partial charge in [-0.15, -0.1) is 0 Å². The van der Waals surface area contributed by atoms with Crippen LogP contribution in [0.5, 0.6) is 0 Å². The Labute approximate surface area is 157 Å². The fourth-order valence-corrected chi connectivity index (χ4v) is 8.20. The summed E-state index contributed by atoms with van der Waals surface area (Å²) in [7, 11) is -0.938. The van der Waals surface area contributed by atoms with Crippen LogP contribution in [0.2, 0.25) is 0 Å². The van der Waals surface area contributed by atoms with Crippen LogP contribution in [0, 0.1) is 0 Å². The predicted octanol–water partition coefficient (Wildman–Crippen LogP) is 3.90. The third kappa shape index (κ3) is 8.69. The average Bonchev–Trinajstić information content (AvgIpc) is 2.56. The highest BCUT2D eigenvalue weighted by Gasteiger charge is 2.37. The van der Waals surface area contributed by atoms with Gasteiger partial charge in [0.05, 0.1) is 23.8 Å². The standard InChI is InChI=1S/C21H38P.BrH/c1-4-7-13-18-22(19-14-8-5-2,20-15-9-6-3)21-16-11-10-12-17-21;/h10-12,16-17H,4-9,13-15,18-20H2,1-3H3;1H/q+1;/p-1. The third-order valence-corrected chi connectivity index (χ3v) is 9.78. The normalized spacial score (nSPS) is 11.3. The first kappa shape index (κ1) is 23.1. The molecule has 0 nitrogen and oxygen atoms in total. The first-order chi connectivity index (χ1) is 10.8. The molecular weight excluding hydrogens is 363 g/mol. The van der Waals surface area contributed by atoms with Gasteiger partial charge in [-0.2, -0.15) is 0 Å². The van der Waals surface area contributed by atoms with E-state index in [0.29, 0.717) is 0 Å². The Morgan fingerprint density at radius 2 is 1.00 bits per heavy atom. The first-order valence-electron chi connectivity index (χ1n) is 9.70. The molecule has 0 radical (unpaired) electrons. The van der Waals surface area contributed by atoms with E-state index in [4.69, 9.17) is 0 Å².